The second-order valence-corrected chi connectivity index (χ2v) is 6.57. The van der Waals surface area contributed by atoms with Gasteiger partial charge in [0, 0.05) is 22.5 Å². The minimum Gasteiger partial charge on any atom is -0.353 e. The number of rotatable bonds is 4. The Bertz CT molecular complexity index is 652. The van der Waals surface area contributed by atoms with Gasteiger partial charge in [-0.15, -0.1) is 5.10 Å². The summed E-state index contributed by atoms with van der Waals surface area (Å²) in [6, 6.07) is 8.70. The van der Waals surface area contributed by atoms with Crippen LogP contribution in [0, 0.1) is 0 Å². The van der Waals surface area contributed by atoms with Crippen LogP contribution in [0.25, 0.3) is 11.3 Å². The molecule has 1 aromatic carbocycles. The van der Waals surface area contributed by atoms with E-state index in [1.807, 2.05) is 23.7 Å². The highest BCUT2D eigenvalue weighted by Crippen LogP contribution is 2.33. The maximum atomic E-state index is 11.5. The molecule has 1 aliphatic rings. The molecule has 1 N–H and O–H groups in total. The number of hydrogen-bond acceptors (Lipinski definition) is 3. The van der Waals surface area contributed by atoms with Crippen molar-refractivity contribution in [3.05, 3.63) is 34.9 Å². The molecule has 22 heavy (non-hydrogen) atoms. The van der Waals surface area contributed by atoms with E-state index in [4.69, 9.17) is 0 Å². The topological polar surface area (TPSA) is 59.8 Å². The Hall–Kier alpha value is -1.69. The van der Waals surface area contributed by atoms with E-state index in [9.17, 15) is 4.79 Å². The van der Waals surface area contributed by atoms with E-state index in [2.05, 4.69) is 43.7 Å². The van der Waals surface area contributed by atoms with Gasteiger partial charge in [-0.25, -0.2) is 4.68 Å². The van der Waals surface area contributed by atoms with Crippen LogP contribution in [0.2, 0.25) is 0 Å². The lowest BCUT2D eigenvalue weighted by Crippen LogP contribution is -2.32. The minimum atomic E-state index is 0.123. The number of nitrogens with zero attached hydrogens (tertiary/aromatic N) is 3. The Kier molecular flexibility index (Phi) is 4.57. The average Bonchev–Trinajstić information content (AvgIpc) is 3.16. The molecule has 1 aromatic heterocycles. The van der Waals surface area contributed by atoms with Gasteiger partial charge in [-0.1, -0.05) is 40.2 Å². The largest absolute Gasteiger partial charge is 0.353 e. The zero-order valence-corrected chi connectivity index (χ0v) is 14.1. The average molecular weight is 363 g/mol. The van der Waals surface area contributed by atoms with E-state index in [0.29, 0.717) is 12.5 Å². The van der Waals surface area contributed by atoms with Crippen molar-refractivity contribution in [2.24, 2.45) is 0 Å². The maximum absolute atomic E-state index is 11.5. The SMILES string of the molecule is CCC(=O)NC1CCC(n2nncc2-c2ccc(Br)cc2)C1. The zero-order valence-electron chi connectivity index (χ0n) is 12.5. The molecular weight excluding hydrogens is 344 g/mol. The van der Waals surface area contributed by atoms with Crippen LogP contribution in [0.3, 0.4) is 0 Å². The van der Waals surface area contributed by atoms with Crippen molar-refractivity contribution < 1.29 is 4.79 Å². The zero-order chi connectivity index (χ0) is 15.5. The first-order valence-electron chi connectivity index (χ1n) is 7.63. The third-order valence-electron chi connectivity index (χ3n) is 4.15. The molecule has 6 heteroatoms. The highest BCUT2D eigenvalue weighted by molar-refractivity contribution is 9.10. The van der Waals surface area contributed by atoms with Gasteiger partial charge in [0.15, 0.2) is 0 Å². The molecule has 1 heterocycles. The van der Waals surface area contributed by atoms with Crippen LogP contribution in [0.4, 0.5) is 0 Å². The summed E-state index contributed by atoms with van der Waals surface area (Å²) < 4.78 is 3.06. The van der Waals surface area contributed by atoms with Gasteiger partial charge in [-0.3, -0.25) is 4.79 Å². The minimum absolute atomic E-state index is 0.123. The van der Waals surface area contributed by atoms with E-state index < -0.39 is 0 Å². The molecular formula is C16H19BrN4O. The van der Waals surface area contributed by atoms with Gasteiger partial charge in [0.1, 0.15) is 0 Å². The maximum Gasteiger partial charge on any atom is 0.219 e. The molecule has 0 radical (unpaired) electrons. The number of hydrogen-bond donors (Lipinski definition) is 1. The van der Waals surface area contributed by atoms with Crippen LogP contribution < -0.4 is 5.32 Å². The number of carbonyl (C=O) groups excluding carboxylic acids is 1. The monoisotopic (exact) mass is 362 g/mol. The van der Waals surface area contributed by atoms with Crippen molar-refractivity contribution in [3.8, 4) is 11.3 Å². The Balaban J connectivity index is 1.75. The van der Waals surface area contributed by atoms with Crippen LogP contribution in [-0.4, -0.2) is 26.9 Å². The second kappa shape index (κ2) is 6.60. The molecule has 2 unspecified atom stereocenters. The van der Waals surface area contributed by atoms with Crippen molar-refractivity contribution in [2.75, 3.05) is 0 Å². The summed E-state index contributed by atoms with van der Waals surface area (Å²) in [5.41, 5.74) is 2.13. The molecule has 0 bridgehead atoms. The standard InChI is InChI=1S/C16H19BrN4O/c1-2-16(22)19-13-7-8-14(9-13)21-15(10-18-20-21)11-3-5-12(17)6-4-11/h3-6,10,13-14H,2,7-9H2,1H3,(H,19,22). The molecule has 1 saturated carbocycles. The fourth-order valence-electron chi connectivity index (χ4n) is 2.98. The van der Waals surface area contributed by atoms with Crippen molar-refractivity contribution in [2.45, 2.75) is 44.7 Å². The lowest BCUT2D eigenvalue weighted by atomic mass is 10.1. The van der Waals surface area contributed by atoms with E-state index in [-0.39, 0.29) is 11.9 Å². The van der Waals surface area contributed by atoms with Crippen LogP contribution in [-0.2, 0) is 4.79 Å². The fraction of sp³-hybridized carbons (Fsp3) is 0.438. The Morgan fingerprint density at radius 3 is 2.86 bits per heavy atom. The molecule has 3 rings (SSSR count). The molecule has 0 aliphatic heterocycles. The van der Waals surface area contributed by atoms with Crippen LogP contribution >= 0.6 is 15.9 Å². The highest BCUT2D eigenvalue weighted by atomic mass is 79.9. The second-order valence-electron chi connectivity index (χ2n) is 5.66. The summed E-state index contributed by atoms with van der Waals surface area (Å²) in [5, 5.41) is 11.4. The molecule has 1 aliphatic carbocycles. The predicted octanol–water partition coefficient (Wildman–Crippen LogP) is 3.33. The number of carbonyl (C=O) groups is 1. The smallest absolute Gasteiger partial charge is 0.219 e. The Morgan fingerprint density at radius 2 is 2.14 bits per heavy atom. The van der Waals surface area contributed by atoms with Crippen molar-refractivity contribution in [1.29, 1.82) is 0 Å². The summed E-state index contributed by atoms with van der Waals surface area (Å²) in [6.07, 6.45) is 5.27. The quantitative estimate of drug-likeness (QED) is 0.907. The summed E-state index contributed by atoms with van der Waals surface area (Å²) >= 11 is 3.45. The van der Waals surface area contributed by atoms with Crippen LogP contribution in [0.1, 0.15) is 38.6 Å². The third kappa shape index (κ3) is 3.21. The number of nitrogens with one attached hydrogen (secondary N) is 1. The lowest BCUT2D eigenvalue weighted by molar-refractivity contribution is -0.121. The van der Waals surface area contributed by atoms with Gasteiger partial charge in [-0.05, 0) is 31.4 Å². The van der Waals surface area contributed by atoms with Gasteiger partial charge in [-0.2, -0.15) is 0 Å². The molecule has 0 spiro atoms. The van der Waals surface area contributed by atoms with Gasteiger partial charge in [0.25, 0.3) is 0 Å². The van der Waals surface area contributed by atoms with Crippen LogP contribution in [0.5, 0.6) is 0 Å². The normalized spacial score (nSPS) is 21.0. The summed E-state index contributed by atoms with van der Waals surface area (Å²) in [4.78, 5) is 11.5. The van der Waals surface area contributed by atoms with Crippen LogP contribution in [0.15, 0.2) is 34.9 Å². The van der Waals surface area contributed by atoms with Gasteiger partial charge >= 0.3 is 0 Å². The summed E-state index contributed by atoms with van der Waals surface area (Å²) in [5.74, 6) is 0.123. The van der Waals surface area contributed by atoms with E-state index >= 15 is 0 Å². The first-order chi connectivity index (χ1) is 10.7. The van der Waals surface area contributed by atoms with Crippen molar-refractivity contribution in [3.63, 3.8) is 0 Å². The van der Waals surface area contributed by atoms with Crippen molar-refractivity contribution >= 4 is 21.8 Å². The third-order valence-corrected chi connectivity index (χ3v) is 4.68. The molecule has 1 amide bonds. The van der Waals surface area contributed by atoms with Gasteiger partial charge < -0.3 is 5.32 Å². The number of benzene rings is 1. The predicted molar refractivity (Wildman–Crippen MR) is 88.3 cm³/mol. The Labute approximate surface area is 138 Å². The van der Waals surface area contributed by atoms with E-state index in [0.717, 1.165) is 35.0 Å². The van der Waals surface area contributed by atoms with E-state index in [1.54, 1.807) is 6.20 Å². The van der Waals surface area contributed by atoms with E-state index in [1.165, 1.54) is 0 Å². The number of aromatic nitrogens is 3. The number of amides is 1. The molecule has 116 valence electrons. The molecule has 2 atom stereocenters. The molecule has 5 nitrogen and oxygen atoms in total. The Morgan fingerprint density at radius 1 is 1.36 bits per heavy atom. The molecule has 2 aromatic rings. The summed E-state index contributed by atoms with van der Waals surface area (Å²) in [7, 11) is 0. The molecule has 0 saturated heterocycles. The first kappa shape index (κ1) is 15.2. The van der Waals surface area contributed by atoms with Gasteiger partial charge in [0.05, 0.1) is 17.9 Å². The summed E-state index contributed by atoms with van der Waals surface area (Å²) in [6.45, 7) is 1.88. The molecule has 1 fully saturated rings. The highest BCUT2D eigenvalue weighted by Gasteiger charge is 2.29. The number of halogens is 1. The van der Waals surface area contributed by atoms with Gasteiger partial charge in [0.2, 0.25) is 5.91 Å². The fourth-order valence-corrected chi connectivity index (χ4v) is 3.25. The van der Waals surface area contributed by atoms with Crippen molar-refractivity contribution in [1.82, 2.24) is 20.3 Å². The lowest BCUT2D eigenvalue weighted by Gasteiger charge is -2.15. The first-order valence-corrected chi connectivity index (χ1v) is 8.42.